The zero-order valence-corrected chi connectivity index (χ0v) is 3.06. The lowest BCUT2D eigenvalue weighted by Crippen LogP contribution is -1.86. The number of carboxylic acid groups (broad SMARTS) is 1. The largest absolute Gasteiger partial charge is 0.481 e. The lowest BCUT2D eigenvalue weighted by atomic mass is 10.5. The first-order chi connectivity index (χ1) is 2.27. The summed E-state index contributed by atoms with van der Waals surface area (Å²) in [6, 6.07) is 0. The minimum Gasteiger partial charge on any atom is -0.481 e. The zero-order chi connectivity index (χ0) is 4.28. The molecule has 0 amide bonds. The van der Waals surface area contributed by atoms with Crippen LogP contribution in [0.1, 0.15) is 28.2 Å². The highest BCUT2D eigenvalue weighted by Crippen LogP contribution is 1.67. The highest BCUT2D eigenvalue weighted by molar-refractivity contribution is 5.66. The number of aliphatic carboxylic acids is 1. The molecule has 7 heavy (non-hydrogen) atoms. The van der Waals surface area contributed by atoms with Crippen molar-refractivity contribution in [2.75, 3.05) is 0 Å². The molecule has 0 saturated heterocycles. The van der Waals surface area contributed by atoms with Crippen molar-refractivity contribution in [3.8, 4) is 0 Å². The Morgan fingerprint density at radius 2 is 1.71 bits per heavy atom. The molecule has 2 nitrogen and oxygen atoms in total. The van der Waals surface area contributed by atoms with Gasteiger partial charge in [-0.3, -0.25) is 4.79 Å². The SMILES string of the molecule is C.C.CCC(=O)O. The van der Waals surface area contributed by atoms with Gasteiger partial charge in [-0.05, 0) is 0 Å². The predicted molar refractivity (Wildman–Crippen MR) is 31.4 cm³/mol. The molecule has 0 saturated carbocycles. The summed E-state index contributed by atoms with van der Waals surface area (Å²) in [5.41, 5.74) is 0. The van der Waals surface area contributed by atoms with Gasteiger partial charge in [-0.1, -0.05) is 21.8 Å². The van der Waals surface area contributed by atoms with Crippen LogP contribution in [0.2, 0.25) is 0 Å². The molecule has 0 aliphatic carbocycles. The smallest absolute Gasteiger partial charge is 0.303 e. The van der Waals surface area contributed by atoms with E-state index in [1.54, 1.807) is 6.92 Å². The van der Waals surface area contributed by atoms with Crippen LogP contribution >= 0.6 is 0 Å². The summed E-state index contributed by atoms with van der Waals surface area (Å²) < 4.78 is 0. The number of hydrogen-bond donors (Lipinski definition) is 1. The molecule has 0 aliphatic heterocycles. The molecule has 1 N–H and O–H groups in total. The Morgan fingerprint density at radius 3 is 1.71 bits per heavy atom. The Morgan fingerprint density at radius 1 is 1.57 bits per heavy atom. The lowest BCUT2D eigenvalue weighted by Gasteiger charge is -1.71. The molecule has 0 heterocycles. The van der Waals surface area contributed by atoms with Gasteiger partial charge in [0.05, 0.1) is 0 Å². The van der Waals surface area contributed by atoms with Crippen molar-refractivity contribution < 1.29 is 9.90 Å². The molecule has 2 heteroatoms. The van der Waals surface area contributed by atoms with Gasteiger partial charge in [-0.15, -0.1) is 0 Å². The second-order valence-corrected chi connectivity index (χ2v) is 0.747. The van der Waals surface area contributed by atoms with Crippen molar-refractivity contribution in [2.24, 2.45) is 0 Å². The summed E-state index contributed by atoms with van der Waals surface area (Å²) in [5.74, 6) is -0.745. The van der Waals surface area contributed by atoms with E-state index in [0.717, 1.165) is 0 Å². The monoisotopic (exact) mass is 106 g/mol. The van der Waals surface area contributed by atoms with Crippen LogP contribution in [0.15, 0.2) is 0 Å². The Labute approximate surface area is 45.2 Å². The first kappa shape index (κ1) is 16.1. The summed E-state index contributed by atoms with van der Waals surface area (Å²) >= 11 is 0. The molecular formula is C5H14O2. The van der Waals surface area contributed by atoms with Crippen LogP contribution in [-0.2, 0) is 4.79 Å². The van der Waals surface area contributed by atoms with Crippen LogP contribution in [0.4, 0.5) is 0 Å². The summed E-state index contributed by atoms with van der Waals surface area (Å²) in [5, 5.41) is 7.72. The fourth-order valence-electron chi connectivity index (χ4n) is 0. The fraction of sp³-hybridized carbons (Fsp3) is 0.800. The van der Waals surface area contributed by atoms with Crippen molar-refractivity contribution in [1.29, 1.82) is 0 Å². The summed E-state index contributed by atoms with van der Waals surface area (Å²) in [4.78, 5) is 9.37. The molecule has 0 fully saturated rings. The molecule has 0 rings (SSSR count). The van der Waals surface area contributed by atoms with Crippen molar-refractivity contribution in [2.45, 2.75) is 28.2 Å². The Balaban J connectivity index is -0.0000000800. The van der Waals surface area contributed by atoms with Crippen LogP contribution in [0, 0.1) is 0 Å². The van der Waals surface area contributed by atoms with E-state index in [-0.39, 0.29) is 21.3 Å². The maximum atomic E-state index is 9.37. The average molecular weight is 106 g/mol. The lowest BCUT2D eigenvalue weighted by molar-refractivity contribution is -0.136. The van der Waals surface area contributed by atoms with Crippen molar-refractivity contribution >= 4 is 5.97 Å². The number of carbonyl (C=O) groups is 1. The molecule has 0 atom stereocenters. The number of carboxylic acids is 1. The summed E-state index contributed by atoms with van der Waals surface area (Å²) in [6.45, 7) is 1.60. The zero-order valence-electron chi connectivity index (χ0n) is 3.06. The molecule has 0 aromatic carbocycles. The van der Waals surface area contributed by atoms with E-state index in [1.165, 1.54) is 0 Å². The Bertz CT molecular complexity index is 41.3. The third kappa shape index (κ3) is 30.5. The molecule has 0 spiro atoms. The van der Waals surface area contributed by atoms with E-state index in [2.05, 4.69) is 0 Å². The van der Waals surface area contributed by atoms with Gasteiger partial charge in [-0.25, -0.2) is 0 Å². The molecule has 0 aliphatic rings. The van der Waals surface area contributed by atoms with Gasteiger partial charge in [0.15, 0.2) is 0 Å². The standard InChI is InChI=1S/C3H6O2.2CH4/c1-2-3(4)5;;/h2H2,1H3,(H,4,5);2*1H4. The first-order valence-corrected chi connectivity index (χ1v) is 1.49. The van der Waals surface area contributed by atoms with Gasteiger partial charge in [0.1, 0.15) is 0 Å². The van der Waals surface area contributed by atoms with E-state index in [1.807, 2.05) is 0 Å². The first-order valence-electron chi connectivity index (χ1n) is 1.49. The third-order valence-electron chi connectivity index (χ3n) is 0.302. The highest BCUT2D eigenvalue weighted by Gasteiger charge is 1.80. The predicted octanol–water partition coefficient (Wildman–Crippen LogP) is 1.75. The van der Waals surface area contributed by atoms with E-state index in [0.29, 0.717) is 0 Å². The topological polar surface area (TPSA) is 37.3 Å². The quantitative estimate of drug-likeness (QED) is 0.553. The van der Waals surface area contributed by atoms with E-state index in [4.69, 9.17) is 5.11 Å². The highest BCUT2D eigenvalue weighted by atomic mass is 16.4. The van der Waals surface area contributed by atoms with E-state index in [9.17, 15) is 4.79 Å². The van der Waals surface area contributed by atoms with Gasteiger partial charge in [0, 0.05) is 6.42 Å². The van der Waals surface area contributed by atoms with Gasteiger partial charge < -0.3 is 5.11 Å². The number of rotatable bonds is 1. The maximum absolute atomic E-state index is 9.37. The second-order valence-electron chi connectivity index (χ2n) is 0.747. The summed E-state index contributed by atoms with van der Waals surface area (Å²) in [6.07, 6.45) is 0.222. The van der Waals surface area contributed by atoms with Gasteiger partial charge >= 0.3 is 5.97 Å². The van der Waals surface area contributed by atoms with Crippen molar-refractivity contribution in [1.82, 2.24) is 0 Å². The molecular weight excluding hydrogens is 92.1 g/mol. The maximum Gasteiger partial charge on any atom is 0.303 e. The number of hydrogen-bond acceptors (Lipinski definition) is 1. The van der Waals surface area contributed by atoms with E-state index < -0.39 is 5.97 Å². The van der Waals surface area contributed by atoms with Gasteiger partial charge in [0.2, 0.25) is 0 Å². The second kappa shape index (κ2) is 9.08. The molecule has 0 radical (unpaired) electrons. The van der Waals surface area contributed by atoms with Gasteiger partial charge in [-0.2, -0.15) is 0 Å². The normalized spacial score (nSPS) is 5.29. The van der Waals surface area contributed by atoms with Gasteiger partial charge in [0.25, 0.3) is 0 Å². The van der Waals surface area contributed by atoms with E-state index >= 15 is 0 Å². The Kier molecular flexibility index (Phi) is 20.8. The minimum atomic E-state index is -0.745. The minimum absolute atomic E-state index is 0. The van der Waals surface area contributed by atoms with Crippen LogP contribution in [0.5, 0.6) is 0 Å². The van der Waals surface area contributed by atoms with Crippen LogP contribution in [0.25, 0.3) is 0 Å². The fourth-order valence-corrected chi connectivity index (χ4v) is 0. The molecule has 0 aromatic rings. The molecule has 46 valence electrons. The summed E-state index contributed by atoms with van der Waals surface area (Å²) in [7, 11) is 0. The third-order valence-corrected chi connectivity index (χ3v) is 0.302. The van der Waals surface area contributed by atoms with Crippen LogP contribution < -0.4 is 0 Å². The molecule has 0 bridgehead atoms. The average Bonchev–Trinajstić information content (AvgIpc) is 1.38. The van der Waals surface area contributed by atoms with Crippen LogP contribution in [-0.4, -0.2) is 11.1 Å². The Hall–Kier alpha value is -0.530. The van der Waals surface area contributed by atoms with Crippen molar-refractivity contribution in [3.05, 3.63) is 0 Å². The molecule has 0 aromatic heterocycles. The molecule has 0 unspecified atom stereocenters. The van der Waals surface area contributed by atoms with Crippen molar-refractivity contribution in [3.63, 3.8) is 0 Å². The van der Waals surface area contributed by atoms with Crippen LogP contribution in [0.3, 0.4) is 0 Å².